The Balaban J connectivity index is 2.10. The van der Waals surface area contributed by atoms with Gasteiger partial charge in [0.25, 0.3) is 0 Å². The van der Waals surface area contributed by atoms with Crippen molar-refractivity contribution in [1.82, 2.24) is 9.78 Å². The minimum absolute atomic E-state index is 0.0138. The third-order valence-electron chi connectivity index (χ3n) is 3.38. The highest BCUT2D eigenvalue weighted by Crippen LogP contribution is 2.35. The van der Waals surface area contributed by atoms with Crippen molar-refractivity contribution >= 4 is 17.4 Å². The fraction of sp³-hybridized carbons (Fsp3) is 0.636. The number of fused-ring (bicyclic) bond motifs is 3. The molecule has 1 amide bonds. The molecule has 3 rings (SSSR count). The SMILES string of the molecule is CCc1nn(C)c2c1NC(=O)C1COCCN21. The first-order valence-electron chi connectivity index (χ1n) is 5.93. The summed E-state index contributed by atoms with van der Waals surface area (Å²) in [6.07, 6.45) is 0.818. The molecule has 6 nitrogen and oxygen atoms in total. The highest BCUT2D eigenvalue weighted by atomic mass is 16.5. The number of ether oxygens (including phenoxy) is 1. The first-order chi connectivity index (χ1) is 8.22. The fourth-order valence-electron chi connectivity index (χ4n) is 2.56. The summed E-state index contributed by atoms with van der Waals surface area (Å²) in [5.74, 6) is 1.02. The molecule has 1 saturated heterocycles. The molecule has 1 N–H and O–H groups in total. The van der Waals surface area contributed by atoms with Crippen molar-refractivity contribution in [3.8, 4) is 0 Å². The molecule has 3 heterocycles. The van der Waals surface area contributed by atoms with Crippen molar-refractivity contribution < 1.29 is 9.53 Å². The van der Waals surface area contributed by atoms with Crippen LogP contribution in [0.2, 0.25) is 0 Å². The number of carbonyl (C=O) groups excluding carboxylic acids is 1. The van der Waals surface area contributed by atoms with Crippen LogP contribution in [0.25, 0.3) is 0 Å². The second-order valence-corrected chi connectivity index (χ2v) is 4.40. The summed E-state index contributed by atoms with van der Waals surface area (Å²) in [4.78, 5) is 14.1. The van der Waals surface area contributed by atoms with Crippen LogP contribution in [-0.4, -0.2) is 41.5 Å². The van der Waals surface area contributed by atoms with E-state index >= 15 is 0 Å². The van der Waals surface area contributed by atoms with Gasteiger partial charge in [-0.15, -0.1) is 0 Å². The molecule has 1 unspecified atom stereocenters. The number of anilines is 2. The fourth-order valence-corrected chi connectivity index (χ4v) is 2.56. The molecule has 6 heteroatoms. The molecule has 0 aromatic carbocycles. The Morgan fingerprint density at radius 1 is 1.59 bits per heavy atom. The molecule has 2 aliphatic heterocycles. The van der Waals surface area contributed by atoms with Crippen molar-refractivity contribution in [2.24, 2.45) is 7.05 Å². The van der Waals surface area contributed by atoms with Crippen LogP contribution in [0.15, 0.2) is 0 Å². The van der Waals surface area contributed by atoms with E-state index in [1.807, 2.05) is 18.7 Å². The Labute approximate surface area is 99.5 Å². The van der Waals surface area contributed by atoms with E-state index in [4.69, 9.17) is 4.74 Å². The Hall–Kier alpha value is -1.56. The van der Waals surface area contributed by atoms with Gasteiger partial charge in [0, 0.05) is 13.6 Å². The van der Waals surface area contributed by atoms with E-state index in [2.05, 4.69) is 15.3 Å². The smallest absolute Gasteiger partial charge is 0.249 e. The Kier molecular flexibility index (Phi) is 2.32. The van der Waals surface area contributed by atoms with Crippen molar-refractivity contribution in [3.05, 3.63) is 5.69 Å². The quantitative estimate of drug-likeness (QED) is 0.753. The molecule has 1 atom stereocenters. The highest BCUT2D eigenvalue weighted by molar-refractivity contribution is 6.03. The lowest BCUT2D eigenvalue weighted by Crippen LogP contribution is -2.55. The average Bonchev–Trinajstić information content (AvgIpc) is 2.66. The maximum atomic E-state index is 12.0. The summed E-state index contributed by atoms with van der Waals surface area (Å²) in [5.41, 5.74) is 1.82. The molecule has 0 spiro atoms. The van der Waals surface area contributed by atoms with E-state index in [0.717, 1.165) is 30.2 Å². The predicted molar refractivity (Wildman–Crippen MR) is 63.2 cm³/mol. The van der Waals surface area contributed by atoms with Gasteiger partial charge in [-0.25, -0.2) is 0 Å². The van der Waals surface area contributed by atoms with E-state index in [-0.39, 0.29) is 11.9 Å². The van der Waals surface area contributed by atoms with Crippen molar-refractivity contribution in [1.29, 1.82) is 0 Å². The van der Waals surface area contributed by atoms with Crippen molar-refractivity contribution in [2.75, 3.05) is 30.0 Å². The van der Waals surface area contributed by atoms with E-state index in [1.165, 1.54) is 0 Å². The van der Waals surface area contributed by atoms with Crippen LogP contribution < -0.4 is 10.2 Å². The number of nitrogens with zero attached hydrogens (tertiary/aromatic N) is 3. The summed E-state index contributed by atoms with van der Waals surface area (Å²) in [6.45, 7) is 3.90. The predicted octanol–water partition coefficient (Wildman–Crippen LogP) is 0.140. The van der Waals surface area contributed by atoms with Crippen LogP contribution >= 0.6 is 0 Å². The third-order valence-corrected chi connectivity index (χ3v) is 3.38. The number of amides is 1. The Morgan fingerprint density at radius 2 is 2.41 bits per heavy atom. The Morgan fingerprint density at radius 3 is 3.18 bits per heavy atom. The van der Waals surface area contributed by atoms with Crippen LogP contribution in [0.3, 0.4) is 0 Å². The number of morpholine rings is 1. The standard InChI is InChI=1S/C11H16N4O2/c1-3-7-9-11(14(2)13-7)15-4-5-17-6-8(15)10(16)12-9/h8H,3-6H2,1-2H3,(H,12,16). The lowest BCUT2D eigenvalue weighted by molar-refractivity contribution is -0.120. The molecule has 0 saturated carbocycles. The average molecular weight is 236 g/mol. The van der Waals surface area contributed by atoms with Crippen LogP contribution in [0, 0.1) is 0 Å². The summed E-state index contributed by atoms with van der Waals surface area (Å²) < 4.78 is 7.22. The second-order valence-electron chi connectivity index (χ2n) is 4.40. The number of hydrogen-bond acceptors (Lipinski definition) is 4. The molecule has 0 bridgehead atoms. The zero-order valence-corrected chi connectivity index (χ0v) is 10.1. The van der Waals surface area contributed by atoms with Gasteiger partial charge in [-0.05, 0) is 6.42 Å². The molecule has 1 fully saturated rings. The molecule has 0 radical (unpaired) electrons. The first-order valence-corrected chi connectivity index (χ1v) is 5.93. The van der Waals surface area contributed by atoms with Gasteiger partial charge >= 0.3 is 0 Å². The second kappa shape index (κ2) is 3.73. The van der Waals surface area contributed by atoms with Gasteiger partial charge < -0.3 is 15.0 Å². The van der Waals surface area contributed by atoms with Gasteiger partial charge in [-0.2, -0.15) is 5.10 Å². The number of aryl methyl sites for hydroxylation is 2. The monoisotopic (exact) mass is 236 g/mol. The van der Waals surface area contributed by atoms with Gasteiger partial charge in [-0.1, -0.05) is 6.92 Å². The van der Waals surface area contributed by atoms with Crippen LogP contribution in [-0.2, 0) is 23.0 Å². The van der Waals surface area contributed by atoms with E-state index < -0.39 is 0 Å². The normalized spacial score (nSPS) is 23.1. The zero-order chi connectivity index (χ0) is 12.0. The number of nitrogens with one attached hydrogen (secondary N) is 1. The van der Waals surface area contributed by atoms with E-state index in [9.17, 15) is 4.79 Å². The van der Waals surface area contributed by atoms with Crippen LogP contribution in [0.5, 0.6) is 0 Å². The van der Waals surface area contributed by atoms with Crippen LogP contribution in [0.1, 0.15) is 12.6 Å². The van der Waals surface area contributed by atoms with Gasteiger partial charge in [0.1, 0.15) is 11.7 Å². The van der Waals surface area contributed by atoms with E-state index in [0.29, 0.717) is 13.2 Å². The molecule has 92 valence electrons. The largest absolute Gasteiger partial charge is 0.377 e. The molecule has 2 aliphatic rings. The van der Waals surface area contributed by atoms with Crippen molar-refractivity contribution in [2.45, 2.75) is 19.4 Å². The minimum Gasteiger partial charge on any atom is -0.377 e. The minimum atomic E-state index is -0.212. The molecule has 1 aromatic rings. The lowest BCUT2D eigenvalue weighted by atomic mass is 10.1. The van der Waals surface area contributed by atoms with Gasteiger partial charge in [0.05, 0.1) is 18.9 Å². The number of hydrogen-bond donors (Lipinski definition) is 1. The van der Waals surface area contributed by atoms with Gasteiger partial charge in [0.2, 0.25) is 5.91 Å². The van der Waals surface area contributed by atoms with E-state index in [1.54, 1.807) is 0 Å². The number of aromatic nitrogens is 2. The van der Waals surface area contributed by atoms with Gasteiger partial charge in [-0.3, -0.25) is 9.48 Å². The van der Waals surface area contributed by atoms with Crippen LogP contribution in [0.4, 0.5) is 11.5 Å². The number of carbonyl (C=O) groups is 1. The maximum Gasteiger partial charge on any atom is 0.249 e. The Bertz CT molecular complexity index is 468. The highest BCUT2D eigenvalue weighted by Gasteiger charge is 2.38. The maximum absolute atomic E-state index is 12.0. The number of rotatable bonds is 1. The zero-order valence-electron chi connectivity index (χ0n) is 10.1. The molecule has 17 heavy (non-hydrogen) atoms. The van der Waals surface area contributed by atoms with Gasteiger partial charge in [0.15, 0.2) is 5.82 Å². The molecule has 1 aromatic heterocycles. The van der Waals surface area contributed by atoms with Crippen molar-refractivity contribution in [3.63, 3.8) is 0 Å². The molecular formula is C11H16N4O2. The summed E-state index contributed by atoms with van der Waals surface area (Å²) in [7, 11) is 1.92. The molecule has 0 aliphatic carbocycles. The summed E-state index contributed by atoms with van der Waals surface area (Å²) in [5, 5.41) is 7.41. The first kappa shape index (κ1) is 10.6. The molecular weight excluding hydrogens is 220 g/mol. The summed E-state index contributed by atoms with van der Waals surface area (Å²) in [6, 6.07) is -0.212. The third kappa shape index (κ3) is 1.44. The summed E-state index contributed by atoms with van der Waals surface area (Å²) >= 11 is 0. The lowest BCUT2D eigenvalue weighted by Gasteiger charge is -2.39. The topological polar surface area (TPSA) is 59.4 Å².